The molecule has 0 amide bonds. The zero-order valence-corrected chi connectivity index (χ0v) is 16.0. The summed E-state index contributed by atoms with van der Waals surface area (Å²) in [6.07, 6.45) is 3.42. The lowest BCUT2D eigenvalue weighted by Crippen LogP contribution is -2.22. The number of pyridine rings is 1. The molecule has 5 rings (SSSR count). The van der Waals surface area contributed by atoms with E-state index in [2.05, 4.69) is 15.4 Å². The van der Waals surface area contributed by atoms with E-state index >= 15 is 0 Å². The maximum absolute atomic E-state index is 12.6. The van der Waals surface area contributed by atoms with E-state index in [1.165, 1.54) is 4.57 Å². The number of nitrogens with zero attached hydrogens (tertiary/aromatic N) is 5. The minimum Gasteiger partial charge on any atom is -0.502 e. The van der Waals surface area contributed by atoms with Crippen LogP contribution in [0.25, 0.3) is 21.3 Å². The smallest absolute Gasteiger partial charge is 0.341 e. The number of aromatic nitrogens is 5. The highest BCUT2D eigenvalue weighted by molar-refractivity contribution is 7.17. The van der Waals surface area contributed by atoms with Crippen LogP contribution in [0, 0.1) is 0 Å². The maximum atomic E-state index is 12.6. The molecule has 30 heavy (non-hydrogen) atoms. The zero-order valence-electron chi connectivity index (χ0n) is 15.2. The molecule has 5 aromatic rings. The number of carboxylic acids is 1. The van der Waals surface area contributed by atoms with E-state index in [9.17, 15) is 19.8 Å². The first-order chi connectivity index (χ1) is 14.5. The minimum absolute atomic E-state index is 0.145. The molecule has 0 aliphatic rings. The quantitative estimate of drug-likeness (QED) is 0.439. The van der Waals surface area contributed by atoms with Crippen molar-refractivity contribution in [3.63, 3.8) is 0 Å². The Kier molecular flexibility index (Phi) is 4.10. The van der Waals surface area contributed by atoms with Gasteiger partial charge in [-0.25, -0.2) is 9.42 Å². The molecule has 0 bridgehead atoms. The number of aromatic carboxylic acids is 1. The Labute approximate surface area is 171 Å². The molecule has 1 aromatic carbocycles. The molecule has 4 aromatic heterocycles. The van der Waals surface area contributed by atoms with Crippen LogP contribution in [0.15, 0.2) is 51.5 Å². The van der Waals surface area contributed by atoms with Crippen molar-refractivity contribution in [1.82, 2.24) is 24.7 Å². The van der Waals surface area contributed by atoms with Gasteiger partial charge < -0.3 is 10.2 Å². The Balaban J connectivity index is 1.47. The van der Waals surface area contributed by atoms with Crippen LogP contribution < -0.4 is 5.56 Å². The Morgan fingerprint density at radius 2 is 1.97 bits per heavy atom. The summed E-state index contributed by atoms with van der Waals surface area (Å²) in [6.45, 7) is 0.626. The average Bonchev–Trinajstić information content (AvgIpc) is 3.45. The zero-order chi connectivity index (χ0) is 20.8. The van der Waals surface area contributed by atoms with Gasteiger partial charge in [0.1, 0.15) is 16.6 Å². The van der Waals surface area contributed by atoms with Crippen LogP contribution >= 0.6 is 11.3 Å². The predicted octanol–water partition coefficient (Wildman–Crippen LogP) is 2.30. The van der Waals surface area contributed by atoms with Gasteiger partial charge >= 0.3 is 5.97 Å². The maximum Gasteiger partial charge on any atom is 0.341 e. The fourth-order valence-electron chi connectivity index (χ4n) is 3.38. The number of carboxylic acid groups (broad SMARTS) is 1. The third kappa shape index (κ3) is 2.92. The van der Waals surface area contributed by atoms with Gasteiger partial charge in [0, 0.05) is 11.8 Å². The average molecular weight is 423 g/mol. The Hall–Kier alpha value is -3.99. The number of aromatic hydroxyl groups is 1. The molecule has 2 N–H and O–H groups in total. The number of thiophene rings is 1. The minimum atomic E-state index is -1.34. The van der Waals surface area contributed by atoms with Crippen molar-refractivity contribution in [1.29, 1.82) is 0 Å². The van der Waals surface area contributed by atoms with E-state index in [0.717, 1.165) is 22.5 Å². The highest BCUT2D eigenvalue weighted by atomic mass is 32.1. The second kappa shape index (κ2) is 6.81. The number of benzene rings is 1. The molecule has 0 spiro atoms. The largest absolute Gasteiger partial charge is 0.502 e. The molecule has 0 fully saturated rings. The number of carbonyl (C=O) groups is 1. The van der Waals surface area contributed by atoms with Gasteiger partial charge in [0.25, 0.3) is 5.56 Å². The predicted molar refractivity (Wildman–Crippen MR) is 107 cm³/mol. The summed E-state index contributed by atoms with van der Waals surface area (Å²) in [7, 11) is 0. The van der Waals surface area contributed by atoms with Crippen molar-refractivity contribution in [2.45, 2.75) is 13.1 Å². The molecule has 11 heteroatoms. The van der Waals surface area contributed by atoms with Crippen molar-refractivity contribution < 1.29 is 19.6 Å². The first-order valence-corrected chi connectivity index (χ1v) is 9.68. The van der Waals surface area contributed by atoms with E-state index in [4.69, 9.17) is 4.63 Å². The highest BCUT2D eigenvalue weighted by Crippen LogP contribution is 2.29. The van der Waals surface area contributed by atoms with E-state index in [0.29, 0.717) is 27.8 Å². The van der Waals surface area contributed by atoms with Crippen molar-refractivity contribution in [2.24, 2.45) is 0 Å². The van der Waals surface area contributed by atoms with Crippen LogP contribution in [-0.2, 0) is 13.1 Å². The second-order valence-electron chi connectivity index (χ2n) is 6.69. The molecule has 0 radical (unpaired) electrons. The van der Waals surface area contributed by atoms with Gasteiger partial charge in [-0.1, -0.05) is 6.07 Å². The van der Waals surface area contributed by atoms with Gasteiger partial charge in [0.05, 0.1) is 29.5 Å². The topological polar surface area (TPSA) is 136 Å². The van der Waals surface area contributed by atoms with Crippen LogP contribution in [0.2, 0.25) is 0 Å². The Morgan fingerprint density at radius 3 is 2.80 bits per heavy atom. The normalized spacial score (nSPS) is 11.5. The standard InChI is InChI=1S/C19H13N5O5S/c25-16-15(19(27)28)17-14(3-4-30-17)24(18(16)26)9-11-6-20-23(8-11)7-10-1-2-12-13(5-10)22-29-21-12/h1-6,8,25H,7,9H2,(H,27,28). The van der Waals surface area contributed by atoms with E-state index in [1.807, 2.05) is 18.2 Å². The third-order valence-corrected chi connectivity index (χ3v) is 5.67. The second-order valence-corrected chi connectivity index (χ2v) is 7.60. The molecule has 150 valence electrons. The summed E-state index contributed by atoms with van der Waals surface area (Å²) in [5.41, 5.74) is 2.34. The summed E-state index contributed by atoms with van der Waals surface area (Å²) in [5, 5.41) is 33.1. The Bertz CT molecular complexity index is 1480. The molecule has 0 saturated heterocycles. The monoisotopic (exact) mass is 423 g/mol. The van der Waals surface area contributed by atoms with Gasteiger partial charge in [0.15, 0.2) is 5.75 Å². The molecule has 10 nitrogen and oxygen atoms in total. The summed E-state index contributed by atoms with van der Waals surface area (Å²) in [5.74, 6) is -2.10. The lowest BCUT2D eigenvalue weighted by Gasteiger charge is -2.09. The molecule has 0 atom stereocenters. The number of hydrogen-bond acceptors (Lipinski definition) is 8. The lowest BCUT2D eigenvalue weighted by molar-refractivity contribution is 0.0695. The van der Waals surface area contributed by atoms with E-state index in [1.54, 1.807) is 28.5 Å². The van der Waals surface area contributed by atoms with Crippen molar-refractivity contribution in [2.75, 3.05) is 0 Å². The first kappa shape index (κ1) is 18.1. The van der Waals surface area contributed by atoms with Gasteiger partial charge in [-0.05, 0) is 39.5 Å². The SMILES string of the molecule is O=C(O)c1c(O)c(=O)n(Cc2cnn(Cc3ccc4nonc4c3)c2)c2ccsc12. The van der Waals surface area contributed by atoms with Crippen LogP contribution in [0.4, 0.5) is 0 Å². The molecule has 0 aliphatic heterocycles. The molecular formula is C19H13N5O5S. The fourth-order valence-corrected chi connectivity index (χ4v) is 4.31. The van der Waals surface area contributed by atoms with Crippen LogP contribution in [0.5, 0.6) is 5.75 Å². The van der Waals surface area contributed by atoms with Crippen LogP contribution in [0.1, 0.15) is 21.5 Å². The van der Waals surface area contributed by atoms with Gasteiger partial charge in [-0.15, -0.1) is 11.3 Å². The van der Waals surface area contributed by atoms with Crippen molar-refractivity contribution in [3.8, 4) is 5.75 Å². The number of rotatable bonds is 5. The van der Waals surface area contributed by atoms with Crippen molar-refractivity contribution in [3.05, 3.63) is 69.1 Å². The van der Waals surface area contributed by atoms with Gasteiger partial charge in [0.2, 0.25) is 0 Å². The van der Waals surface area contributed by atoms with Gasteiger partial charge in [-0.3, -0.25) is 14.0 Å². The molecule has 4 heterocycles. The molecule has 0 saturated carbocycles. The summed E-state index contributed by atoms with van der Waals surface area (Å²) >= 11 is 1.16. The molecule has 0 aliphatic carbocycles. The highest BCUT2D eigenvalue weighted by Gasteiger charge is 2.22. The number of hydrogen-bond donors (Lipinski definition) is 2. The van der Waals surface area contributed by atoms with Crippen LogP contribution in [0.3, 0.4) is 0 Å². The van der Waals surface area contributed by atoms with Crippen molar-refractivity contribution >= 4 is 38.6 Å². The van der Waals surface area contributed by atoms with Gasteiger partial charge in [-0.2, -0.15) is 5.10 Å². The lowest BCUT2D eigenvalue weighted by atomic mass is 10.2. The van der Waals surface area contributed by atoms with E-state index < -0.39 is 17.3 Å². The van der Waals surface area contributed by atoms with E-state index in [-0.39, 0.29) is 12.1 Å². The fraction of sp³-hybridized carbons (Fsp3) is 0.105. The Morgan fingerprint density at radius 1 is 1.13 bits per heavy atom. The van der Waals surface area contributed by atoms with Crippen LogP contribution in [-0.4, -0.2) is 40.8 Å². The first-order valence-electron chi connectivity index (χ1n) is 8.80. The molecule has 0 unspecified atom stereocenters. The third-order valence-electron chi connectivity index (χ3n) is 4.75. The molecular weight excluding hydrogens is 410 g/mol. The summed E-state index contributed by atoms with van der Waals surface area (Å²) < 4.78 is 8.11. The number of fused-ring (bicyclic) bond motifs is 2. The summed E-state index contributed by atoms with van der Waals surface area (Å²) in [4.78, 5) is 24.1. The summed E-state index contributed by atoms with van der Waals surface area (Å²) in [6, 6.07) is 7.23.